The summed E-state index contributed by atoms with van der Waals surface area (Å²) < 4.78 is 5.36. The van der Waals surface area contributed by atoms with E-state index in [0.717, 1.165) is 42.4 Å². The number of nitrogens with zero attached hydrogens (tertiary/aromatic N) is 2. The summed E-state index contributed by atoms with van der Waals surface area (Å²) in [6.07, 6.45) is 1.04. The Morgan fingerprint density at radius 2 is 2.38 bits per heavy atom. The topological polar surface area (TPSA) is 62.8 Å². The lowest BCUT2D eigenvalue weighted by molar-refractivity contribution is 0.193. The number of hydrogen-bond acceptors (Lipinski definition) is 4. The molecular weight excluding hydrogens is 204 g/mol. The highest BCUT2D eigenvalue weighted by Gasteiger charge is 2.21. The van der Waals surface area contributed by atoms with Crippen LogP contribution in [0.25, 0.3) is 11.2 Å². The number of anilines is 1. The second kappa shape index (κ2) is 3.75. The van der Waals surface area contributed by atoms with Crippen LogP contribution in [0.5, 0.6) is 0 Å². The van der Waals surface area contributed by atoms with Gasteiger partial charge in [0, 0.05) is 19.6 Å². The zero-order valence-corrected chi connectivity index (χ0v) is 9.16. The highest BCUT2D eigenvalue weighted by molar-refractivity contribution is 5.73. The van der Waals surface area contributed by atoms with Gasteiger partial charge < -0.3 is 15.0 Å². The van der Waals surface area contributed by atoms with Gasteiger partial charge in [0.15, 0.2) is 5.65 Å². The molecular formula is C11H14N4O. The molecule has 0 aliphatic carbocycles. The Morgan fingerprint density at radius 1 is 1.44 bits per heavy atom. The van der Waals surface area contributed by atoms with Crippen molar-refractivity contribution in [3.8, 4) is 0 Å². The molecule has 1 fully saturated rings. The van der Waals surface area contributed by atoms with Gasteiger partial charge in [-0.1, -0.05) is 0 Å². The fourth-order valence-corrected chi connectivity index (χ4v) is 1.99. The third-order valence-electron chi connectivity index (χ3n) is 2.94. The van der Waals surface area contributed by atoms with E-state index in [1.54, 1.807) is 0 Å². The summed E-state index contributed by atoms with van der Waals surface area (Å²) >= 11 is 0. The molecule has 1 aliphatic rings. The van der Waals surface area contributed by atoms with Crippen LogP contribution in [0, 0.1) is 0 Å². The van der Waals surface area contributed by atoms with Crippen LogP contribution in [0.2, 0.25) is 0 Å². The van der Waals surface area contributed by atoms with Crippen molar-refractivity contribution in [2.75, 3.05) is 25.6 Å². The molecule has 84 valence electrons. The SMILES string of the molecule is CNc1ccc2[nH]c(C3CCOC3)nc2n1. The average molecular weight is 218 g/mol. The molecule has 1 aliphatic heterocycles. The number of ether oxygens (including phenoxy) is 1. The zero-order chi connectivity index (χ0) is 11.0. The Morgan fingerprint density at radius 3 is 3.12 bits per heavy atom. The van der Waals surface area contributed by atoms with Gasteiger partial charge in [-0.3, -0.25) is 0 Å². The van der Waals surface area contributed by atoms with E-state index < -0.39 is 0 Å². The molecule has 0 aromatic carbocycles. The molecule has 16 heavy (non-hydrogen) atoms. The highest BCUT2D eigenvalue weighted by atomic mass is 16.5. The van der Waals surface area contributed by atoms with E-state index in [4.69, 9.17) is 4.74 Å². The van der Waals surface area contributed by atoms with Crippen LogP contribution in [-0.4, -0.2) is 35.2 Å². The van der Waals surface area contributed by atoms with Crippen molar-refractivity contribution >= 4 is 17.0 Å². The maximum Gasteiger partial charge on any atom is 0.179 e. The van der Waals surface area contributed by atoms with Crippen molar-refractivity contribution in [1.82, 2.24) is 15.0 Å². The van der Waals surface area contributed by atoms with Crippen LogP contribution in [0.1, 0.15) is 18.2 Å². The Labute approximate surface area is 93.2 Å². The van der Waals surface area contributed by atoms with Crippen molar-refractivity contribution < 1.29 is 4.74 Å². The van der Waals surface area contributed by atoms with Gasteiger partial charge in [-0.05, 0) is 18.6 Å². The van der Waals surface area contributed by atoms with Gasteiger partial charge in [0.1, 0.15) is 11.6 Å². The Kier molecular flexibility index (Phi) is 2.25. The summed E-state index contributed by atoms with van der Waals surface area (Å²) in [4.78, 5) is 12.2. The molecule has 3 rings (SSSR count). The number of H-pyrrole nitrogens is 1. The maximum atomic E-state index is 5.36. The molecule has 2 aromatic rings. The van der Waals surface area contributed by atoms with Gasteiger partial charge in [-0.2, -0.15) is 0 Å². The van der Waals surface area contributed by atoms with Crippen LogP contribution in [0.3, 0.4) is 0 Å². The summed E-state index contributed by atoms with van der Waals surface area (Å²) in [5.41, 5.74) is 1.76. The van der Waals surface area contributed by atoms with Gasteiger partial charge in [-0.25, -0.2) is 9.97 Å². The number of hydrogen-bond donors (Lipinski definition) is 2. The number of nitrogens with one attached hydrogen (secondary N) is 2. The lowest BCUT2D eigenvalue weighted by Crippen LogP contribution is -1.99. The Bertz CT molecular complexity index is 502. The molecule has 3 heterocycles. The molecule has 1 unspecified atom stereocenters. The fraction of sp³-hybridized carbons (Fsp3) is 0.455. The predicted octanol–water partition coefficient (Wildman–Crippen LogP) is 1.50. The van der Waals surface area contributed by atoms with Crippen molar-refractivity contribution in [3.63, 3.8) is 0 Å². The van der Waals surface area contributed by atoms with E-state index in [0.29, 0.717) is 5.92 Å². The third-order valence-corrected chi connectivity index (χ3v) is 2.94. The molecule has 5 nitrogen and oxygen atoms in total. The van der Waals surface area contributed by atoms with Crippen molar-refractivity contribution in [3.05, 3.63) is 18.0 Å². The smallest absolute Gasteiger partial charge is 0.179 e. The van der Waals surface area contributed by atoms with E-state index in [2.05, 4.69) is 20.3 Å². The molecule has 1 saturated heterocycles. The minimum atomic E-state index is 0.396. The number of pyridine rings is 1. The van der Waals surface area contributed by atoms with E-state index in [-0.39, 0.29) is 0 Å². The van der Waals surface area contributed by atoms with Crippen LogP contribution in [0.4, 0.5) is 5.82 Å². The van der Waals surface area contributed by atoms with Gasteiger partial charge in [-0.15, -0.1) is 0 Å². The number of aromatic amines is 1. The third kappa shape index (κ3) is 1.53. The molecule has 0 saturated carbocycles. The largest absolute Gasteiger partial charge is 0.381 e. The molecule has 1 atom stereocenters. The molecule has 0 amide bonds. The minimum absolute atomic E-state index is 0.396. The van der Waals surface area contributed by atoms with Crippen LogP contribution in [-0.2, 0) is 4.74 Å². The van der Waals surface area contributed by atoms with Gasteiger partial charge >= 0.3 is 0 Å². The van der Waals surface area contributed by atoms with E-state index in [1.165, 1.54) is 0 Å². The van der Waals surface area contributed by atoms with Crippen molar-refractivity contribution in [1.29, 1.82) is 0 Å². The highest BCUT2D eigenvalue weighted by Crippen LogP contribution is 2.24. The summed E-state index contributed by atoms with van der Waals surface area (Å²) in [5.74, 6) is 2.23. The maximum absolute atomic E-state index is 5.36. The van der Waals surface area contributed by atoms with E-state index in [9.17, 15) is 0 Å². The lowest BCUT2D eigenvalue weighted by atomic mass is 10.1. The van der Waals surface area contributed by atoms with E-state index in [1.807, 2.05) is 19.2 Å². The molecule has 2 N–H and O–H groups in total. The summed E-state index contributed by atoms with van der Waals surface area (Å²) in [6.45, 7) is 1.59. The number of rotatable bonds is 2. The van der Waals surface area contributed by atoms with Crippen LogP contribution < -0.4 is 5.32 Å². The first-order valence-corrected chi connectivity index (χ1v) is 5.49. The number of imidazole rings is 1. The first-order valence-electron chi connectivity index (χ1n) is 5.49. The van der Waals surface area contributed by atoms with Gasteiger partial charge in [0.2, 0.25) is 0 Å². The quantitative estimate of drug-likeness (QED) is 0.802. The molecule has 0 bridgehead atoms. The van der Waals surface area contributed by atoms with Crippen molar-refractivity contribution in [2.24, 2.45) is 0 Å². The Hall–Kier alpha value is -1.62. The summed E-state index contributed by atoms with van der Waals surface area (Å²) in [6, 6.07) is 3.94. The minimum Gasteiger partial charge on any atom is -0.381 e. The molecule has 5 heteroatoms. The standard InChI is InChI=1S/C11H14N4O/c1-12-9-3-2-8-11(14-9)15-10(13-8)7-4-5-16-6-7/h2-3,7H,4-6H2,1H3,(H2,12,13,14,15). The van der Waals surface area contributed by atoms with Gasteiger partial charge in [0.25, 0.3) is 0 Å². The zero-order valence-electron chi connectivity index (χ0n) is 9.16. The van der Waals surface area contributed by atoms with Crippen LogP contribution in [0.15, 0.2) is 12.1 Å². The molecule has 2 aromatic heterocycles. The first kappa shape index (κ1) is 9.59. The summed E-state index contributed by atoms with van der Waals surface area (Å²) in [5, 5.41) is 3.01. The predicted molar refractivity (Wildman–Crippen MR) is 61.6 cm³/mol. The van der Waals surface area contributed by atoms with Crippen molar-refractivity contribution in [2.45, 2.75) is 12.3 Å². The number of fused-ring (bicyclic) bond motifs is 1. The first-order chi connectivity index (χ1) is 7.86. The second-order valence-electron chi connectivity index (χ2n) is 4.00. The van der Waals surface area contributed by atoms with Crippen LogP contribution >= 0.6 is 0 Å². The summed E-state index contributed by atoms with van der Waals surface area (Å²) in [7, 11) is 1.85. The fourth-order valence-electron chi connectivity index (χ4n) is 1.99. The lowest BCUT2D eigenvalue weighted by Gasteiger charge is -2.00. The van der Waals surface area contributed by atoms with E-state index >= 15 is 0 Å². The Balaban J connectivity index is 2.01. The van der Waals surface area contributed by atoms with Gasteiger partial charge in [0.05, 0.1) is 12.1 Å². The average Bonchev–Trinajstić information content (AvgIpc) is 2.96. The molecule has 0 spiro atoms. The monoisotopic (exact) mass is 218 g/mol. The normalized spacial score (nSPS) is 20.4. The second-order valence-corrected chi connectivity index (χ2v) is 4.00. The number of aromatic nitrogens is 3. The molecule has 0 radical (unpaired) electrons.